The van der Waals surface area contributed by atoms with E-state index in [1.54, 1.807) is 24.3 Å². The van der Waals surface area contributed by atoms with Crippen molar-refractivity contribution in [2.45, 2.75) is 13.5 Å². The van der Waals surface area contributed by atoms with Crippen molar-refractivity contribution in [1.29, 1.82) is 0 Å². The van der Waals surface area contributed by atoms with Crippen LogP contribution in [0.4, 0.5) is 4.39 Å². The summed E-state index contributed by atoms with van der Waals surface area (Å²) in [7, 11) is 0. The van der Waals surface area contributed by atoms with E-state index in [-0.39, 0.29) is 18.0 Å². The van der Waals surface area contributed by atoms with E-state index in [4.69, 9.17) is 27.3 Å². The van der Waals surface area contributed by atoms with Gasteiger partial charge in [-0.2, -0.15) is 0 Å². The maximum atomic E-state index is 13.7. The van der Waals surface area contributed by atoms with E-state index in [0.717, 1.165) is 5.56 Å². The fourth-order valence-electron chi connectivity index (χ4n) is 1.79. The van der Waals surface area contributed by atoms with Crippen LogP contribution in [-0.4, -0.2) is 11.0 Å². The summed E-state index contributed by atoms with van der Waals surface area (Å²) in [6.45, 7) is 1.83. The van der Waals surface area contributed by atoms with E-state index in [1.165, 1.54) is 12.1 Å². The van der Waals surface area contributed by atoms with Crippen LogP contribution >= 0.6 is 11.6 Å². The van der Waals surface area contributed by atoms with Crippen molar-refractivity contribution >= 4 is 17.4 Å². The van der Waals surface area contributed by atoms with Crippen LogP contribution in [-0.2, 0) is 6.61 Å². The first kappa shape index (κ1) is 15.1. The minimum Gasteiger partial charge on any atom is -0.488 e. The van der Waals surface area contributed by atoms with Crippen molar-refractivity contribution in [3.05, 3.63) is 63.9 Å². The van der Waals surface area contributed by atoms with Crippen molar-refractivity contribution in [2.75, 3.05) is 0 Å². The molecule has 0 bridgehead atoms. The first-order chi connectivity index (χ1) is 10.0. The Hall–Kier alpha value is -2.27. The number of hydrogen-bond acceptors (Lipinski definition) is 3. The van der Waals surface area contributed by atoms with Gasteiger partial charge >= 0.3 is 0 Å². The number of hydrogen-bond donors (Lipinski definition) is 2. The van der Waals surface area contributed by atoms with Gasteiger partial charge in [-0.1, -0.05) is 35.0 Å². The molecular formula is C15H14ClFN2O2. The minimum absolute atomic E-state index is 0.00796. The molecule has 0 unspecified atom stereocenters. The van der Waals surface area contributed by atoms with Gasteiger partial charge in [0.1, 0.15) is 18.2 Å². The van der Waals surface area contributed by atoms with Crippen LogP contribution in [0.2, 0.25) is 5.02 Å². The number of nitrogens with two attached hydrogens (primary N) is 1. The fourth-order valence-corrected chi connectivity index (χ4v) is 2.01. The van der Waals surface area contributed by atoms with Gasteiger partial charge in [0.05, 0.1) is 5.02 Å². The van der Waals surface area contributed by atoms with E-state index < -0.39 is 5.82 Å². The average molecular weight is 309 g/mol. The largest absolute Gasteiger partial charge is 0.488 e. The summed E-state index contributed by atoms with van der Waals surface area (Å²) in [5.41, 5.74) is 7.17. The van der Waals surface area contributed by atoms with Crippen LogP contribution in [0.3, 0.4) is 0 Å². The number of halogens is 2. The van der Waals surface area contributed by atoms with E-state index >= 15 is 0 Å². The van der Waals surface area contributed by atoms with Gasteiger partial charge < -0.3 is 15.7 Å². The normalized spacial score (nSPS) is 11.5. The molecule has 0 radical (unpaired) electrons. The average Bonchev–Trinajstić information content (AvgIpc) is 2.47. The zero-order valence-corrected chi connectivity index (χ0v) is 12.1. The van der Waals surface area contributed by atoms with Crippen molar-refractivity contribution in [2.24, 2.45) is 10.9 Å². The molecule has 0 saturated heterocycles. The summed E-state index contributed by atoms with van der Waals surface area (Å²) >= 11 is 5.95. The van der Waals surface area contributed by atoms with Gasteiger partial charge in [0, 0.05) is 11.1 Å². The lowest BCUT2D eigenvalue weighted by molar-refractivity contribution is 0.298. The Morgan fingerprint density at radius 1 is 1.38 bits per heavy atom. The topological polar surface area (TPSA) is 67.8 Å². The Labute approximate surface area is 126 Å². The zero-order chi connectivity index (χ0) is 15.4. The molecule has 0 aliphatic heterocycles. The third-order valence-electron chi connectivity index (χ3n) is 3.03. The lowest BCUT2D eigenvalue weighted by Crippen LogP contribution is -2.13. The quantitative estimate of drug-likeness (QED) is 0.393. The maximum absolute atomic E-state index is 13.7. The number of rotatable bonds is 4. The predicted octanol–water partition coefficient (Wildman–Crippen LogP) is 3.46. The van der Waals surface area contributed by atoms with Gasteiger partial charge in [-0.05, 0) is 30.7 Å². The number of ether oxygens (including phenoxy) is 1. The summed E-state index contributed by atoms with van der Waals surface area (Å²) in [6.07, 6.45) is 0. The van der Waals surface area contributed by atoms with E-state index in [2.05, 4.69) is 5.16 Å². The molecule has 0 spiro atoms. The second-order valence-electron chi connectivity index (χ2n) is 4.45. The molecule has 2 rings (SSSR count). The van der Waals surface area contributed by atoms with Crippen molar-refractivity contribution in [3.8, 4) is 5.75 Å². The van der Waals surface area contributed by atoms with Crippen LogP contribution in [0.1, 0.15) is 16.7 Å². The van der Waals surface area contributed by atoms with E-state index in [1.807, 2.05) is 6.92 Å². The summed E-state index contributed by atoms with van der Waals surface area (Å²) in [4.78, 5) is 0. The van der Waals surface area contributed by atoms with Gasteiger partial charge in [0.15, 0.2) is 5.84 Å². The highest BCUT2D eigenvalue weighted by Gasteiger charge is 2.10. The number of oxime groups is 1. The van der Waals surface area contributed by atoms with Gasteiger partial charge in [-0.3, -0.25) is 0 Å². The molecule has 3 N–H and O–H groups in total. The Morgan fingerprint density at radius 3 is 2.81 bits per heavy atom. The molecule has 6 heteroatoms. The Bertz CT molecular complexity index is 669. The summed E-state index contributed by atoms with van der Waals surface area (Å²) < 4.78 is 19.3. The zero-order valence-electron chi connectivity index (χ0n) is 11.3. The van der Waals surface area contributed by atoms with Gasteiger partial charge in [0.2, 0.25) is 0 Å². The highest BCUT2D eigenvalue weighted by atomic mass is 35.5. The first-order valence-corrected chi connectivity index (χ1v) is 6.55. The van der Waals surface area contributed by atoms with Crippen molar-refractivity contribution < 1.29 is 14.3 Å². The molecule has 0 aromatic heterocycles. The highest BCUT2D eigenvalue weighted by molar-refractivity contribution is 6.31. The molecule has 0 aliphatic carbocycles. The maximum Gasteiger partial charge on any atom is 0.170 e. The standard InChI is InChI=1S/C15H14ClFN2O2/c1-9-5-6-10(15(18)19-20)7-14(9)21-8-11-12(16)3-2-4-13(11)17/h2-7,20H,8H2,1H3,(H2,18,19). The second-order valence-corrected chi connectivity index (χ2v) is 4.86. The van der Waals surface area contributed by atoms with Crippen LogP contribution < -0.4 is 10.5 Å². The number of nitrogens with zero attached hydrogens (tertiary/aromatic N) is 1. The van der Waals surface area contributed by atoms with E-state index in [9.17, 15) is 4.39 Å². The van der Waals surface area contributed by atoms with Crippen LogP contribution in [0.15, 0.2) is 41.6 Å². The van der Waals surface area contributed by atoms with Gasteiger partial charge in [-0.25, -0.2) is 4.39 Å². The molecule has 0 amide bonds. The summed E-state index contributed by atoms with van der Waals surface area (Å²) in [6, 6.07) is 9.55. The number of aryl methyl sites for hydroxylation is 1. The SMILES string of the molecule is Cc1ccc(/C(N)=N/O)cc1OCc1c(F)cccc1Cl. The lowest BCUT2D eigenvalue weighted by atomic mass is 10.1. The molecule has 2 aromatic carbocycles. The number of benzene rings is 2. The second kappa shape index (κ2) is 6.45. The third-order valence-corrected chi connectivity index (χ3v) is 3.38. The summed E-state index contributed by atoms with van der Waals surface area (Å²) in [5, 5.41) is 11.9. The third kappa shape index (κ3) is 3.44. The monoisotopic (exact) mass is 308 g/mol. The molecule has 0 heterocycles. The Kier molecular flexibility index (Phi) is 4.65. The van der Waals surface area contributed by atoms with Gasteiger partial charge in [0.25, 0.3) is 0 Å². The summed E-state index contributed by atoms with van der Waals surface area (Å²) in [5.74, 6) is 0.0648. The Balaban J connectivity index is 2.24. The van der Waals surface area contributed by atoms with Gasteiger partial charge in [-0.15, -0.1) is 0 Å². The smallest absolute Gasteiger partial charge is 0.170 e. The van der Waals surface area contributed by atoms with Crippen LogP contribution in [0, 0.1) is 12.7 Å². The van der Waals surface area contributed by atoms with Crippen molar-refractivity contribution in [1.82, 2.24) is 0 Å². The number of amidine groups is 1. The molecular weight excluding hydrogens is 295 g/mol. The fraction of sp³-hybridized carbons (Fsp3) is 0.133. The first-order valence-electron chi connectivity index (χ1n) is 6.17. The molecule has 0 aliphatic rings. The minimum atomic E-state index is -0.423. The van der Waals surface area contributed by atoms with Crippen LogP contribution in [0.25, 0.3) is 0 Å². The van der Waals surface area contributed by atoms with Crippen LogP contribution in [0.5, 0.6) is 5.75 Å². The molecule has 2 aromatic rings. The molecule has 0 fully saturated rings. The van der Waals surface area contributed by atoms with E-state index in [0.29, 0.717) is 16.3 Å². The molecule has 21 heavy (non-hydrogen) atoms. The molecule has 0 saturated carbocycles. The predicted molar refractivity (Wildman–Crippen MR) is 79.4 cm³/mol. The Morgan fingerprint density at radius 2 is 2.14 bits per heavy atom. The highest BCUT2D eigenvalue weighted by Crippen LogP contribution is 2.24. The molecule has 110 valence electrons. The molecule has 0 atom stereocenters. The molecule has 4 nitrogen and oxygen atoms in total. The van der Waals surface area contributed by atoms with Crippen molar-refractivity contribution in [3.63, 3.8) is 0 Å². The lowest BCUT2D eigenvalue weighted by Gasteiger charge is -2.12.